The van der Waals surface area contributed by atoms with E-state index in [1.807, 2.05) is 0 Å². The number of piperidine rings is 1. The third-order valence-electron chi connectivity index (χ3n) is 3.35. The van der Waals surface area contributed by atoms with Gasteiger partial charge in [-0.1, -0.05) is 0 Å². The molecule has 0 bridgehead atoms. The molecule has 1 aromatic heterocycles. The van der Waals surface area contributed by atoms with Crippen LogP contribution in [0.4, 0.5) is 4.39 Å². The highest BCUT2D eigenvalue weighted by molar-refractivity contribution is 7.87. The van der Waals surface area contributed by atoms with Gasteiger partial charge in [-0.05, 0) is 24.8 Å². The van der Waals surface area contributed by atoms with Crippen molar-refractivity contribution < 1.29 is 17.6 Å². The number of halogens is 1. The number of carbonyl (C=O) groups is 1. The monoisotopic (exact) mass is 316 g/mol. The Morgan fingerprint density at radius 2 is 2.33 bits per heavy atom. The first kappa shape index (κ1) is 15.8. The van der Waals surface area contributed by atoms with E-state index in [-0.39, 0.29) is 23.9 Å². The highest BCUT2D eigenvalue weighted by Gasteiger charge is 2.25. The predicted octanol–water partition coefficient (Wildman–Crippen LogP) is -0.134. The second-order valence-corrected chi connectivity index (χ2v) is 6.40. The van der Waals surface area contributed by atoms with Crippen LogP contribution in [-0.4, -0.2) is 43.8 Å². The number of nitrogens with zero attached hydrogens (tertiary/aromatic N) is 2. The van der Waals surface area contributed by atoms with Crippen molar-refractivity contribution in [3.8, 4) is 0 Å². The zero-order chi connectivity index (χ0) is 15.5. The van der Waals surface area contributed by atoms with Crippen LogP contribution in [0, 0.1) is 11.9 Å². The Morgan fingerprint density at radius 1 is 1.57 bits per heavy atom. The Labute approximate surface area is 122 Å². The molecule has 1 aliphatic heterocycles. The lowest BCUT2D eigenvalue weighted by Crippen LogP contribution is -2.44. The van der Waals surface area contributed by atoms with E-state index in [4.69, 9.17) is 5.14 Å². The summed E-state index contributed by atoms with van der Waals surface area (Å²) in [6, 6.07) is 2.55. The topological polar surface area (TPSA) is 105 Å². The molecule has 2 rings (SSSR count). The number of hydrogen-bond donors (Lipinski definition) is 2. The molecule has 0 saturated carbocycles. The molecule has 0 aromatic carbocycles. The van der Waals surface area contributed by atoms with E-state index < -0.39 is 16.2 Å². The largest absolute Gasteiger partial charge is 0.338 e. The maximum atomic E-state index is 13.1. The first-order valence-electron chi connectivity index (χ1n) is 6.53. The molecular formula is C12H17FN4O3S. The lowest BCUT2D eigenvalue weighted by molar-refractivity contribution is 0.0675. The number of aromatic nitrogens is 1. The van der Waals surface area contributed by atoms with E-state index in [9.17, 15) is 17.6 Å². The summed E-state index contributed by atoms with van der Waals surface area (Å²) >= 11 is 0. The minimum Gasteiger partial charge on any atom is -0.338 e. The molecule has 0 aliphatic carbocycles. The summed E-state index contributed by atoms with van der Waals surface area (Å²) in [6.07, 6.45) is 2.81. The van der Waals surface area contributed by atoms with Crippen LogP contribution in [0.3, 0.4) is 0 Å². The summed E-state index contributed by atoms with van der Waals surface area (Å²) < 4.78 is 37.1. The summed E-state index contributed by atoms with van der Waals surface area (Å²) in [5, 5.41) is 4.89. The van der Waals surface area contributed by atoms with E-state index in [1.165, 1.54) is 12.3 Å². The second kappa shape index (κ2) is 6.46. The second-order valence-electron chi connectivity index (χ2n) is 5.02. The van der Waals surface area contributed by atoms with Crippen molar-refractivity contribution in [3.05, 3.63) is 29.8 Å². The SMILES string of the molecule is NS(=O)(=O)NCC1CCCN(C(=O)c2ccnc(F)c2)C1. The minimum atomic E-state index is -3.73. The lowest BCUT2D eigenvalue weighted by atomic mass is 9.98. The van der Waals surface area contributed by atoms with Crippen LogP contribution in [0.15, 0.2) is 18.3 Å². The third-order valence-corrected chi connectivity index (χ3v) is 3.92. The number of amides is 1. The van der Waals surface area contributed by atoms with Gasteiger partial charge in [0.1, 0.15) is 0 Å². The average molecular weight is 316 g/mol. The summed E-state index contributed by atoms with van der Waals surface area (Å²) in [4.78, 5) is 17.3. The van der Waals surface area contributed by atoms with Gasteiger partial charge in [-0.15, -0.1) is 0 Å². The number of likely N-dealkylation sites (tertiary alicyclic amines) is 1. The number of carbonyl (C=O) groups excluding carboxylic acids is 1. The van der Waals surface area contributed by atoms with Crippen molar-refractivity contribution >= 4 is 16.1 Å². The molecule has 0 spiro atoms. The Bertz CT molecular complexity index is 623. The molecule has 2 heterocycles. The normalized spacial score (nSPS) is 19.5. The Morgan fingerprint density at radius 3 is 3.00 bits per heavy atom. The summed E-state index contributed by atoms with van der Waals surface area (Å²) in [5.74, 6) is -0.991. The standard InChI is InChI=1S/C12H17FN4O3S/c13-11-6-10(3-4-15-11)12(18)17-5-1-2-9(8-17)7-16-21(14,19)20/h3-4,6,9,16H,1-2,5,7-8H2,(H2,14,19,20). The first-order chi connectivity index (χ1) is 9.85. The number of rotatable bonds is 4. The highest BCUT2D eigenvalue weighted by atomic mass is 32.2. The predicted molar refractivity (Wildman–Crippen MR) is 73.9 cm³/mol. The molecule has 0 radical (unpaired) electrons. The van der Waals surface area contributed by atoms with Gasteiger partial charge in [0.25, 0.3) is 16.1 Å². The minimum absolute atomic E-state index is 0.00675. The maximum absolute atomic E-state index is 13.1. The van der Waals surface area contributed by atoms with E-state index in [2.05, 4.69) is 9.71 Å². The van der Waals surface area contributed by atoms with Gasteiger partial charge >= 0.3 is 0 Å². The number of nitrogens with one attached hydrogen (secondary N) is 1. The fraction of sp³-hybridized carbons (Fsp3) is 0.500. The van der Waals surface area contributed by atoms with Gasteiger partial charge in [-0.2, -0.15) is 12.8 Å². The van der Waals surface area contributed by atoms with Gasteiger partial charge in [0.05, 0.1) is 0 Å². The number of nitrogens with two attached hydrogens (primary N) is 1. The molecule has 21 heavy (non-hydrogen) atoms. The lowest BCUT2D eigenvalue weighted by Gasteiger charge is -2.32. The van der Waals surface area contributed by atoms with Crippen molar-refractivity contribution in [1.82, 2.24) is 14.6 Å². The van der Waals surface area contributed by atoms with Gasteiger partial charge in [0, 0.05) is 37.5 Å². The summed E-state index contributed by atoms with van der Waals surface area (Å²) in [7, 11) is -3.73. The van der Waals surface area contributed by atoms with Gasteiger partial charge < -0.3 is 4.90 Å². The zero-order valence-electron chi connectivity index (χ0n) is 11.3. The smallest absolute Gasteiger partial charge is 0.274 e. The van der Waals surface area contributed by atoms with Crippen molar-refractivity contribution in [2.24, 2.45) is 11.1 Å². The molecule has 1 fully saturated rings. The summed E-state index contributed by atoms with van der Waals surface area (Å²) in [5.41, 5.74) is 0.238. The molecule has 9 heteroatoms. The number of hydrogen-bond acceptors (Lipinski definition) is 4. The van der Waals surface area contributed by atoms with Crippen molar-refractivity contribution in [1.29, 1.82) is 0 Å². The van der Waals surface area contributed by atoms with Crippen LogP contribution in [0.5, 0.6) is 0 Å². The molecule has 1 unspecified atom stereocenters. The highest BCUT2D eigenvalue weighted by Crippen LogP contribution is 2.18. The average Bonchev–Trinajstić information content (AvgIpc) is 2.44. The molecule has 116 valence electrons. The zero-order valence-corrected chi connectivity index (χ0v) is 12.1. The fourth-order valence-electron chi connectivity index (χ4n) is 2.37. The Balaban J connectivity index is 1.99. The molecular weight excluding hydrogens is 299 g/mol. The molecule has 3 N–H and O–H groups in total. The Hall–Kier alpha value is -1.58. The fourth-order valence-corrected chi connectivity index (χ4v) is 2.84. The van der Waals surface area contributed by atoms with Crippen molar-refractivity contribution in [3.63, 3.8) is 0 Å². The van der Waals surface area contributed by atoms with Gasteiger partial charge in [-0.25, -0.2) is 14.8 Å². The van der Waals surface area contributed by atoms with Crippen LogP contribution in [0.25, 0.3) is 0 Å². The number of pyridine rings is 1. The third kappa shape index (κ3) is 4.73. The van der Waals surface area contributed by atoms with Crippen LogP contribution in [-0.2, 0) is 10.2 Å². The molecule has 1 saturated heterocycles. The van der Waals surface area contributed by atoms with Crippen LogP contribution in [0.2, 0.25) is 0 Å². The van der Waals surface area contributed by atoms with Gasteiger partial charge in [-0.3, -0.25) is 4.79 Å². The molecule has 1 aliphatic rings. The molecule has 1 amide bonds. The molecule has 7 nitrogen and oxygen atoms in total. The summed E-state index contributed by atoms with van der Waals surface area (Å²) in [6.45, 7) is 1.16. The van der Waals surface area contributed by atoms with Crippen LogP contribution < -0.4 is 9.86 Å². The van der Waals surface area contributed by atoms with Crippen LogP contribution >= 0.6 is 0 Å². The van der Waals surface area contributed by atoms with E-state index in [1.54, 1.807) is 4.90 Å². The van der Waals surface area contributed by atoms with E-state index >= 15 is 0 Å². The van der Waals surface area contributed by atoms with Gasteiger partial charge in [0.15, 0.2) is 0 Å². The maximum Gasteiger partial charge on any atom is 0.274 e. The van der Waals surface area contributed by atoms with E-state index in [0.29, 0.717) is 13.1 Å². The van der Waals surface area contributed by atoms with Crippen molar-refractivity contribution in [2.75, 3.05) is 19.6 Å². The van der Waals surface area contributed by atoms with Crippen molar-refractivity contribution in [2.45, 2.75) is 12.8 Å². The molecule has 1 atom stereocenters. The van der Waals surface area contributed by atoms with Crippen LogP contribution in [0.1, 0.15) is 23.2 Å². The van der Waals surface area contributed by atoms with E-state index in [0.717, 1.165) is 18.9 Å². The quantitative estimate of drug-likeness (QED) is 0.755. The first-order valence-corrected chi connectivity index (χ1v) is 8.08. The Kier molecular flexibility index (Phi) is 4.86. The molecule has 1 aromatic rings. The van der Waals surface area contributed by atoms with Gasteiger partial charge in [0.2, 0.25) is 5.95 Å².